The molecule has 2 aliphatic rings. The Morgan fingerprint density at radius 2 is 1.51 bits per heavy atom. The van der Waals surface area contributed by atoms with Gasteiger partial charge in [0.1, 0.15) is 12.1 Å². The Morgan fingerprint density at radius 3 is 2.09 bits per heavy atom. The van der Waals surface area contributed by atoms with E-state index in [1.165, 1.54) is 0 Å². The minimum Gasteiger partial charge on any atom is -0.342 e. The van der Waals surface area contributed by atoms with Crippen LogP contribution in [0, 0.1) is 5.41 Å². The third-order valence-electron chi connectivity index (χ3n) is 7.12. The first kappa shape index (κ1) is 24.8. The molecular formula is C28H36N4O3. The molecule has 2 saturated heterocycles. The number of nitrogens with zero attached hydrogens (tertiary/aromatic N) is 4. The highest BCUT2D eigenvalue weighted by atomic mass is 16.2. The highest BCUT2D eigenvalue weighted by Crippen LogP contribution is 2.40. The van der Waals surface area contributed by atoms with Gasteiger partial charge in [-0.3, -0.25) is 14.4 Å². The predicted octanol–water partition coefficient (Wildman–Crippen LogP) is 3.36. The minimum absolute atomic E-state index is 0.0225. The van der Waals surface area contributed by atoms with Gasteiger partial charge in [-0.1, -0.05) is 69.3 Å². The van der Waals surface area contributed by atoms with Crippen LogP contribution in [0.25, 0.3) is 0 Å². The van der Waals surface area contributed by atoms with Crippen molar-refractivity contribution in [2.75, 3.05) is 38.3 Å². The summed E-state index contributed by atoms with van der Waals surface area (Å²) in [5.74, 6) is -0.00286. The summed E-state index contributed by atoms with van der Waals surface area (Å²) < 4.78 is 0. The molecule has 1 spiro atoms. The number of piperidine rings is 1. The molecule has 2 heterocycles. The van der Waals surface area contributed by atoms with Crippen LogP contribution in [-0.4, -0.2) is 71.3 Å². The molecular weight excluding hydrogens is 440 g/mol. The van der Waals surface area contributed by atoms with E-state index in [1.807, 2.05) is 86.3 Å². The summed E-state index contributed by atoms with van der Waals surface area (Å²) >= 11 is 0. The lowest BCUT2D eigenvalue weighted by molar-refractivity contribution is -0.144. The van der Waals surface area contributed by atoms with Crippen LogP contribution in [0.2, 0.25) is 0 Å². The average Bonchev–Trinajstić information content (AvgIpc) is 3.10. The molecule has 0 atom stereocenters. The molecule has 0 radical (unpaired) electrons. The molecule has 0 aromatic heterocycles. The van der Waals surface area contributed by atoms with Crippen molar-refractivity contribution >= 4 is 23.4 Å². The van der Waals surface area contributed by atoms with Crippen molar-refractivity contribution in [1.29, 1.82) is 0 Å². The number of hydrogen-bond donors (Lipinski definition) is 0. The summed E-state index contributed by atoms with van der Waals surface area (Å²) in [7, 11) is 1.78. The van der Waals surface area contributed by atoms with Crippen LogP contribution in [0.5, 0.6) is 0 Å². The van der Waals surface area contributed by atoms with Gasteiger partial charge in [0.2, 0.25) is 11.8 Å². The number of amides is 3. The number of carbonyl (C=O) groups excluding carboxylic acids is 3. The first-order chi connectivity index (χ1) is 16.6. The van der Waals surface area contributed by atoms with Crippen molar-refractivity contribution in [3.8, 4) is 0 Å². The van der Waals surface area contributed by atoms with Gasteiger partial charge in [0.05, 0.1) is 6.67 Å². The second kappa shape index (κ2) is 9.72. The monoisotopic (exact) mass is 476 g/mol. The molecule has 2 aliphatic heterocycles. The van der Waals surface area contributed by atoms with Gasteiger partial charge in [-0.25, -0.2) is 0 Å². The fourth-order valence-corrected chi connectivity index (χ4v) is 5.11. The molecule has 0 saturated carbocycles. The largest absolute Gasteiger partial charge is 0.342 e. The van der Waals surface area contributed by atoms with Crippen LogP contribution in [0.4, 0.5) is 5.69 Å². The Hall–Kier alpha value is -3.35. The van der Waals surface area contributed by atoms with Gasteiger partial charge >= 0.3 is 0 Å². The van der Waals surface area contributed by atoms with Crippen LogP contribution in [0.3, 0.4) is 0 Å². The van der Waals surface area contributed by atoms with Crippen LogP contribution < -0.4 is 4.90 Å². The van der Waals surface area contributed by atoms with E-state index < -0.39 is 11.0 Å². The first-order valence-electron chi connectivity index (χ1n) is 12.3. The Morgan fingerprint density at radius 1 is 0.943 bits per heavy atom. The lowest BCUT2D eigenvalue weighted by Crippen LogP contribution is -2.58. The summed E-state index contributed by atoms with van der Waals surface area (Å²) in [5, 5.41) is 0. The second-order valence-electron chi connectivity index (χ2n) is 10.7. The van der Waals surface area contributed by atoms with E-state index in [9.17, 15) is 14.4 Å². The number of rotatable bonds is 5. The molecule has 3 amide bonds. The average molecular weight is 477 g/mol. The van der Waals surface area contributed by atoms with E-state index >= 15 is 0 Å². The summed E-state index contributed by atoms with van der Waals surface area (Å²) in [4.78, 5) is 47.2. The first-order valence-corrected chi connectivity index (χ1v) is 12.3. The maximum atomic E-state index is 13.9. The Kier molecular flexibility index (Phi) is 6.88. The van der Waals surface area contributed by atoms with Crippen molar-refractivity contribution in [3.05, 3.63) is 66.2 Å². The molecule has 0 bridgehead atoms. The molecule has 0 unspecified atom stereocenters. The zero-order valence-corrected chi connectivity index (χ0v) is 21.2. The normalized spacial score (nSPS) is 17.7. The van der Waals surface area contributed by atoms with Crippen molar-refractivity contribution in [1.82, 2.24) is 14.7 Å². The summed E-state index contributed by atoms with van der Waals surface area (Å²) in [6.45, 7) is 7.74. The third kappa shape index (κ3) is 5.04. The molecule has 2 fully saturated rings. The summed E-state index contributed by atoms with van der Waals surface area (Å²) in [6, 6.07) is 19.7. The van der Waals surface area contributed by atoms with Crippen molar-refractivity contribution < 1.29 is 14.4 Å². The molecule has 0 aliphatic carbocycles. The predicted molar refractivity (Wildman–Crippen MR) is 136 cm³/mol. The molecule has 7 heteroatoms. The number of anilines is 1. The Balaban J connectivity index is 1.52. The topological polar surface area (TPSA) is 64.2 Å². The fraction of sp³-hybridized carbons (Fsp3) is 0.464. The molecule has 186 valence electrons. The summed E-state index contributed by atoms with van der Waals surface area (Å²) in [6.07, 6.45) is 1.10. The van der Waals surface area contributed by atoms with E-state index in [0.717, 1.165) is 11.3 Å². The van der Waals surface area contributed by atoms with E-state index in [4.69, 9.17) is 0 Å². The number of likely N-dealkylation sites (tertiary alicyclic amines) is 1. The maximum Gasteiger partial charge on any atom is 0.250 e. The number of carbonyl (C=O) groups is 3. The fourth-order valence-electron chi connectivity index (χ4n) is 5.11. The third-order valence-corrected chi connectivity index (χ3v) is 7.12. The zero-order chi connectivity index (χ0) is 25.2. The van der Waals surface area contributed by atoms with Gasteiger partial charge in [0.25, 0.3) is 5.91 Å². The highest BCUT2D eigenvalue weighted by molar-refractivity contribution is 5.96. The van der Waals surface area contributed by atoms with Gasteiger partial charge in [-0.05, 0) is 30.5 Å². The van der Waals surface area contributed by atoms with Gasteiger partial charge < -0.3 is 19.6 Å². The van der Waals surface area contributed by atoms with E-state index in [-0.39, 0.29) is 24.3 Å². The quantitative estimate of drug-likeness (QED) is 0.664. The van der Waals surface area contributed by atoms with Crippen LogP contribution in [-0.2, 0) is 20.9 Å². The van der Waals surface area contributed by atoms with Crippen molar-refractivity contribution in [2.45, 2.75) is 45.7 Å². The van der Waals surface area contributed by atoms with Gasteiger partial charge in [0, 0.05) is 37.8 Å². The minimum atomic E-state index is -0.742. The standard InChI is InChI=1S/C28H36N4O3/c1-27(2,3)25(34)30-17-15-28(16-18-30)26(35)31(21-32(28)23-13-9-6-10-14-23)20-24(33)29(4)19-22-11-7-5-8-12-22/h5-14H,15-21H2,1-4H3. The Bertz CT molecular complexity index is 1060. The SMILES string of the molecule is CN(Cc1ccccc1)C(=O)CN1CN(c2ccccc2)C2(CCN(C(=O)C(C)(C)C)CC2)C1=O. The van der Waals surface area contributed by atoms with Crippen molar-refractivity contribution in [2.24, 2.45) is 5.41 Å². The van der Waals surface area contributed by atoms with E-state index in [0.29, 0.717) is 39.1 Å². The lowest BCUT2D eigenvalue weighted by atomic mass is 9.84. The highest BCUT2D eigenvalue weighted by Gasteiger charge is 2.54. The molecule has 4 rings (SSSR count). The maximum absolute atomic E-state index is 13.9. The molecule has 7 nitrogen and oxygen atoms in total. The molecule has 0 N–H and O–H groups in total. The lowest BCUT2D eigenvalue weighted by Gasteiger charge is -2.44. The van der Waals surface area contributed by atoms with Crippen molar-refractivity contribution in [3.63, 3.8) is 0 Å². The van der Waals surface area contributed by atoms with Gasteiger partial charge in [0.15, 0.2) is 0 Å². The number of hydrogen-bond acceptors (Lipinski definition) is 4. The second-order valence-corrected chi connectivity index (χ2v) is 10.7. The van der Waals surface area contributed by atoms with E-state index in [2.05, 4.69) is 4.90 Å². The molecule has 2 aromatic rings. The van der Waals surface area contributed by atoms with Gasteiger partial charge in [-0.15, -0.1) is 0 Å². The smallest absolute Gasteiger partial charge is 0.250 e. The van der Waals surface area contributed by atoms with Crippen LogP contribution in [0.15, 0.2) is 60.7 Å². The number of likely N-dealkylation sites (N-methyl/N-ethyl adjacent to an activating group) is 1. The zero-order valence-electron chi connectivity index (χ0n) is 21.2. The Labute approximate surface area is 208 Å². The van der Waals surface area contributed by atoms with Gasteiger partial charge in [-0.2, -0.15) is 0 Å². The van der Waals surface area contributed by atoms with Crippen LogP contribution >= 0.6 is 0 Å². The number of benzene rings is 2. The van der Waals surface area contributed by atoms with Crippen LogP contribution in [0.1, 0.15) is 39.2 Å². The summed E-state index contributed by atoms with van der Waals surface area (Å²) in [5.41, 5.74) is 0.817. The molecule has 2 aromatic carbocycles. The molecule has 35 heavy (non-hydrogen) atoms. The number of para-hydroxylation sites is 1. The van der Waals surface area contributed by atoms with E-state index in [1.54, 1.807) is 16.8 Å².